The van der Waals surface area contributed by atoms with Gasteiger partial charge in [0, 0.05) is 6.54 Å². The lowest BCUT2D eigenvalue weighted by Crippen LogP contribution is -2.37. The molecule has 0 bridgehead atoms. The van der Waals surface area contributed by atoms with Gasteiger partial charge in [0.1, 0.15) is 17.1 Å². The largest absolute Gasteiger partial charge is 0.507 e. The Hall–Kier alpha value is -1.58. The number of benzene rings is 1. The minimum absolute atomic E-state index is 0.0868. The average Bonchev–Trinajstić information content (AvgIpc) is 2.26. The summed E-state index contributed by atoms with van der Waals surface area (Å²) in [7, 11) is 0. The molecule has 1 rings (SSSR count). The standard InChI is InChI=1S/C14H20FNO2/c1-9(2)14(3,4)8-16-13(18)12-10(15)6-5-7-11(12)17/h5-7,9,17H,8H2,1-4H3,(H,16,18). The number of phenolic OH excluding ortho intramolecular Hbond substituents is 1. The quantitative estimate of drug-likeness (QED) is 0.866. The van der Waals surface area contributed by atoms with Crippen LogP contribution in [0.5, 0.6) is 5.75 Å². The Kier molecular flexibility index (Phi) is 4.33. The van der Waals surface area contributed by atoms with Crippen LogP contribution in [0.2, 0.25) is 0 Å². The van der Waals surface area contributed by atoms with Crippen molar-refractivity contribution in [2.24, 2.45) is 11.3 Å². The van der Waals surface area contributed by atoms with Crippen LogP contribution in [-0.4, -0.2) is 17.6 Å². The molecular weight excluding hydrogens is 233 g/mol. The molecule has 0 saturated heterocycles. The molecule has 1 amide bonds. The fraction of sp³-hybridized carbons (Fsp3) is 0.500. The summed E-state index contributed by atoms with van der Waals surface area (Å²) >= 11 is 0. The van der Waals surface area contributed by atoms with Crippen LogP contribution in [0.4, 0.5) is 4.39 Å². The lowest BCUT2D eigenvalue weighted by Gasteiger charge is -2.29. The van der Waals surface area contributed by atoms with E-state index in [0.29, 0.717) is 12.5 Å². The molecule has 0 aliphatic carbocycles. The summed E-state index contributed by atoms with van der Waals surface area (Å²) in [6.07, 6.45) is 0. The van der Waals surface area contributed by atoms with Crippen LogP contribution in [0.1, 0.15) is 38.1 Å². The first-order valence-electron chi connectivity index (χ1n) is 6.01. The highest BCUT2D eigenvalue weighted by atomic mass is 19.1. The van der Waals surface area contributed by atoms with Crippen molar-refractivity contribution in [1.82, 2.24) is 5.32 Å². The lowest BCUT2D eigenvalue weighted by molar-refractivity contribution is 0.0918. The summed E-state index contributed by atoms with van der Waals surface area (Å²) in [6.45, 7) is 8.61. The molecular formula is C14H20FNO2. The van der Waals surface area contributed by atoms with Gasteiger partial charge in [0.25, 0.3) is 5.91 Å². The summed E-state index contributed by atoms with van der Waals surface area (Å²) < 4.78 is 13.5. The number of carbonyl (C=O) groups excluding carboxylic acids is 1. The summed E-state index contributed by atoms with van der Waals surface area (Å²) in [5, 5.41) is 12.2. The van der Waals surface area contributed by atoms with E-state index in [1.54, 1.807) is 0 Å². The molecule has 0 unspecified atom stereocenters. The Balaban J connectivity index is 2.79. The fourth-order valence-electron chi connectivity index (χ4n) is 1.34. The van der Waals surface area contributed by atoms with Gasteiger partial charge in [0.2, 0.25) is 0 Å². The van der Waals surface area contributed by atoms with Crippen molar-refractivity contribution in [3.63, 3.8) is 0 Å². The van der Waals surface area contributed by atoms with E-state index >= 15 is 0 Å². The molecule has 0 spiro atoms. The van der Waals surface area contributed by atoms with Crippen molar-refractivity contribution in [3.05, 3.63) is 29.6 Å². The van der Waals surface area contributed by atoms with Gasteiger partial charge in [0.05, 0.1) is 0 Å². The number of rotatable bonds is 4. The van der Waals surface area contributed by atoms with E-state index in [1.165, 1.54) is 12.1 Å². The highest BCUT2D eigenvalue weighted by Gasteiger charge is 2.24. The van der Waals surface area contributed by atoms with Gasteiger partial charge in [-0.3, -0.25) is 4.79 Å². The molecule has 4 heteroatoms. The highest BCUT2D eigenvalue weighted by molar-refractivity contribution is 5.97. The normalized spacial score (nSPS) is 11.7. The molecule has 0 radical (unpaired) electrons. The van der Waals surface area contributed by atoms with E-state index in [9.17, 15) is 14.3 Å². The SMILES string of the molecule is CC(C)C(C)(C)CNC(=O)c1c(O)cccc1F. The van der Waals surface area contributed by atoms with Crippen LogP contribution in [0.25, 0.3) is 0 Å². The number of amides is 1. The van der Waals surface area contributed by atoms with Crippen LogP contribution in [-0.2, 0) is 0 Å². The third-order valence-electron chi connectivity index (χ3n) is 3.49. The molecule has 0 saturated carbocycles. The fourth-order valence-corrected chi connectivity index (χ4v) is 1.34. The molecule has 0 aliphatic rings. The molecule has 100 valence electrons. The predicted molar refractivity (Wildman–Crippen MR) is 69.0 cm³/mol. The predicted octanol–water partition coefficient (Wildman–Crippen LogP) is 2.94. The van der Waals surface area contributed by atoms with Crippen molar-refractivity contribution >= 4 is 5.91 Å². The summed E-state index contributed by atoms with van der Waals surface area (Å²) in [5.41, 5.74) is -0.381. The third kappa shape index (κ3) is 3.22. The molecule has 3 nitrogen and oxygen atoms in total. The first-order valence-corrected chi connectivity index (χ1v) is 6.01. The van der Waals surface area contributed by atoms with Crippen LogP contribution < -0.4 is 5.32 Å². The maximum absolute atomic E-state index is 13.5. The minimum atomic E-state index is -0.713. The number of hydrogen-bond acceptors (Lipinski definition) is 2. The summed E-state index contributed by atoms with van der Waals surface area (Å²) in [6, 6.07) is 3.81. The zero-order valence-electron chi connectivity index (χ0n) is 11.2. The molecule has 18 heavy (non-hydrogen) atoms. The molecule has 0 fully saturated rings. The zero-order chi connectivity index (χ0) is 13.9. The van der Waals surface area contributed by atoms with Gasteiger partial charge in [-0.2, -0.15) is 0 Å². The molecule has 0 heterocycles. The van der Waals surface area contributed by atoms with Gasteiger partial charge in [-0.05, 0) is 23.5 Å². The molecule has 1 aromatic rings. The minimum Gasteiger partial charge on any atom is -0.507 e. The Morgan fingerprint density at radius 1 is 1.44 bits per heavy atom. The van der Waals surface area contributed by atoms with Gasteiger partial charge < -0.3 is 10.4 Å². The van der Waals surface area contributed by atoms with E-state index in [0.717, 1.165) is 6.07 Å². The van der Waals surface area contributed by atoms with Gasteiger partial charge in [-0.25, -0.2) is 4.39 Å². The van der Waals surface area contributed by atoms with E-state index in [-0.39, 0.29) is 16.7 Å². The van der Waals surface area contributed by atoms with Crippen molar-refractivity contribution < 1.29 is 14.3 Å². The maximum Gasteiger partial charge on any atom is 0.258 e. The van der Waals surface area contributed by atoms with Gasteiger partial charge in [-0.15, -0.1) is 0 Å². The number of phenols is 1. The van der Waals surface area contributed by atoms with E-state index in [1.807, 2.05) is 13.8 Å². The first kappa shape index (κ1) is 14.5. The Morgan fingerprint density at radius 2 is 2.06 bits per heavy atom. The third-order valence-corrected chi connectivity index (χ3v) is 3.49. The van der Waals surface area contributed by atoms with Crippen molar-refractivity contribution in [1.29, 1.82) is 0 Å². The average molecular weight is 253 g/mol. The number of halogens is 1. The highest BCUT2D eigenvalue weighted by Crippen LogP contribution is 2.25. The molecule has 2 N–H and O–H groups in total. The van der Waals surface area contributed by atoms with Crippen LogP contribution in [0, 0.1) is 17.2 Å². The molecule has 0 aromatic heterocycles. The van der Waals surface area contributed by atoms with Crippen LogP contribution in [0.3, 0.4) is 0 Å². The number of carbonyl (C=O) groups is 1. The second-order valence-corrected chi connectivity index (χ2v) is 5.46. The van der Waals surface area contributed by atoms with Crippen molar-refractivity contribution in [2.45, 2.75) is 27.7 Å². The molecule has 0 atom stereocenters. The Bertz CT molecular complexity index is 421. The lowest BCUT2D eigenvalue weighted by atomic mass is 9.81. The van der Waals surface area contributed by atoms with Gasteiger partial charge >= 0.3 is 0 Å². The van der Waals surface area contributed by atoms with Crippen LogP contribution >= 0.6 is 0 Å². The van der Waals surface area contributed by atoms with Crippen molar-refractivity contribution in [3.8, 4) is 5.75 Å². The second-order valence-electron chi connectivity index (χ2n) is 5.46. The first-order chi connectivity index (χ1) is 8.25. The number of aromatic hydroxyl groups is 1. The summed E-state index contributed by atoms with van der Waals surface area (Å²) in [5.74, 6) is -1.25. The second kappa shape index (κ2) is 5.38. The number of hydrogen-bond donors (Lipinski definition) is 2. The Morgan fingerprint density at radius 3 is 2.56 bits per heavy atom. The van der Waals surface area contributed by atoms with Gasteiger partial charge in [0.15, 0.2) is 0 Å². The van der Waals surface area contributed by atoms with E-state index < -0.39 is 11.7 Å². The topological polar surface area (TPSA) is 49.3 Å². The van der Waals surface area contributed by atoms with Crippen LogP contribution in [0.15, 0.2) is 18.2 Å². The van der Waals surface area contributed by atoms with Crippen molar-refractivity contribution in [2.75, 3.05) is 6.54 Å². The smallest absolute Gasteiger partial charge is 0.258 e. The molecule has 1 aromatic carbocycles. The zero-order valence-corrected chi connectivity index (χ0v) is 11.2. The number of nitrogens with one attached hydrogen (secondary N) is 1. The van der Waals surface area contributed by atoms with Gasteiger partial charge in [-0.1, -0.05) is 33.8 Å². The Labute approximate surface area is 107 Å². The molecule has 0 aliphatic heterocycles. The van der Waals surface area contributed by atoms with E-state index in [4.69, 9.17) is 0 Å². The maximum atomic E-state index is 13.5. The monoisotopic (exact) mass is 253 g/mol. The summed E-state index contributed by atoms with van der Waals surface area (Å²) in [4.78, 5) is 11.8. The van der Waals surface area contributed by atoms with E-state index in [2.05, 4.69) is 19.2 Å².